The lowest BCUT2D eigenvalue weighted by Crippen LogP contribution is -2.46. The van der Waals surface area contributed by atoms with Gasteiger partial charge >= 0.3 is 11.9 Å². The van der Waals surface area contributed by atoms with Gasteiger partial charge in [0.2, 0.25) is 0 Å². The molecule has 0 saturated carbocycles. The van der Waals surface area contributed by atoms with E-state index < -0.39 is 30.1 Å². The fourth-order valence-electron chi connectivity index (χ4n) is 2.34. The molecule has 0 spiro atoms. The second kappa shape index (κ2) is 5.30. The number of carboxylic acid groups (broad SMARTS) is 2. The molecular formula is C13H14N2O5. The number of carboxylic acids is 2. The van der Waals surface area contributed by atoms with Crippen LogP contribution in [-0.2, 0) is 9.59 Å². The zero-order chi connectivity index (χ0) is 14.9. The van der Waals surface area contributed by atoms with Crippen molar-refractivity contribution in [2.75, 3.05) is 0 Å². The smallest absolute Gasteiger partial charge is 0.326 e. The molecule has 2 rings (SSSR count). The van der Waals surface area contributed by atoms with Crippen molar-refractivity contribution >= 4 is 17.8 Å². The maximum absolute atomic E-state index is 12.2. The normalized spacial score (nSPS) is 18.8. The zero-order valence-electron chi connectivity index (χ0n) is 10.5. The maximum atomic E-state index is 12.2. The van der Waals surface area contributed by atoms with Crippen LogP contribution in [0.2, 0.25) is 0 Å². The predicted molar refractivity (Wildman–Crippen MR) is 67.8 cm³/mol. The highest BCUT2D eigenvalue weighted by Gasteiger charge is 2.41. The third-order valence-electron chi connectivity index (χ3n) is 3.30. The summed E-state index contributed by atoms with van der Waals surface area (Å²) in [7, 11) is 0. The van der Waals surface area contributed by atoms with Crippen LogP contribution in [-0.4, -0.2) is 39.0 Å². The van der Waals surface area contributed by atoms with Gasteiger partial charge in [0.05, 0.1) is 0 Å². The number of hydrogen-bond donors (Lipinski definition) is 3. The van der Waals surface area contributed by atoms with Crippen molar-refractivity contribution in [3.63, 3.8) is 0 Å². The van der Waals surface area contributed by atoms with Crippen LogP contribution in [0.15, 0.2) is 24.3 Å². The minimum atomic E-state index is -1.26. The second-order valence-corrected chi connectivity index (χ2v) is 4.53. The van der Waals surface area contributed by atoms with E-state index in [2.05, 4.69) is 0 Å². The highest BCUT2D eigenvalue weighted by molar-refractivity contribution is 6.01. The quantitative estimate of drug-likeness (QED) is 0.717. The summed E-state index contributed by atoms with van der Waals surface area (Å²) >= 11 is 0. The summed E-state index contributed by atoms with van der Waals surface area (Å²) in [6, 6.07) is 5.37. The molecule has 1 aromatic carbocycles. The number of carbonyl (C=O) groups is 3. The van der Waals surface area contributed by atoms with Crippen LogP contribution in [0.1, 0.15) is 34.9 Å². The molecule has 0 aromatic heterocycles. The summed E-state index contributed by atoms with van der Waals surface area (Å²) in [6.07, 6.45) is -1.39. The molecule has 2 unspecified atom stereocenters. The van der Waals surface area contributed by atoms with E-state index in [1.807, 2.05) is 0 Å². The van der Waals surface area contributed by atoms with E-state index in [0.717, 1.165) is 4.90 Å². The summed E-state index contributed by atoms with van der Waals surface area (Å²) in [5, 5.41) is 17.9. The molecule has 1 aliphatic rings. The fourth-order valence-corrected chi connectivity index (χ4v) is 2.34. The van der Waals surface area contributed by atoms with Gasteiger partial charge < -0.3 is 20.8 Å². The SMILES string of the molecule is NC1c2ccccc2C(=O)N1C(CCC(=O)O)C(=O)O. The number of amides is 1. The molecule has 0 saturated heterocycles. The average Bonchev–Trinajstić information content (AvgIpc) is 2.64. The van der Waals surface area contributed by atoms with Gasteiger partial charge in [-0.2, -0.15) is 0 Å². The Balaban J connectivity index is 2.29. The molecular weight excluding hydrogens is 264 g/mol. The van der Waals surface area contributed by atoms with Crippen molar-refractivity contribution in [3.05, 3.63) is 35.4 Å². The predicted octanol–water partition coefficient (Wildman–Crippen LogP) is 0.418. The first-order valence-corrected chi connectivity index (χ1v) is 6.05. The Hall–Kier alpha value is -2.41. The zero-order valence-corrected chi connectivity index (χ0v) is 10.5. The van der Waals surface area contributed by atoms with E-state index in [4.69, 9.17) is 10.8 Å². The van der Waals surface area contributed by atoms with Gasteiger partial charge in [0.25, 0.3) is 5.91 Å². The number of nitrogens with two attached hydrogens (primary N) is 1. The van der Waals surface area contributed by atoms with Gasteiger partial charge in [0.15, 0.2) is 0 Å². The number of rotatable bonds is 5. The van der Waals surface area contributed by atoms with E-state index in [9.17, 15) is 19.5 Å². The average molecular weight is 278 g/mol. The molecule has 106 valence electrons. The summed E-state index contributed by atoms with van der Waals surface area (Å²) in [6.45, 7) is 0. The van der Waals surface area contributed by atoms with Crippen molar-refractivity contribution in [2.24, 2.45) is 5.73 Å². The molecule has 0 fully saturated rings. The second-order valence-electron chi connectivity index (χ2n) is 4.53. The monoisotopic (exact) mass is 278 g/mol. The van der Waals surface area contributed by atoms with Crippen LogP contribution in [0.4, 0.5) is 0 Å². The Morgan fingerprint density at radius 2 is 1.95 bits per heavy atom. The van der Waals surface area contributed by atoms with Gasteiger partial charge in [-0.3, -0.25) is 9.59 Å². The lowest BCUT2D eigenvalue weighted by Gasteiger charge is -2.28. The summed E-state index contributed by atoms with van der Waals surface area (Å²) in [5.74, 6) is -2.86. The van der Waals surface area contributed by atoms with E-state index >= 15 is 0 Å². The Kier molecular flexibility index (Phi) is 3.71. The Morgan fingerprint density at radius 1 is 1.30 bits per heavy atom. The minimum Gasteiger partial charge on any atom is -0.481 e. The Morgan fingerprint density at radius 3 is 2.50 bits per heavy atom. The van der Waals surface area contributed by atoms with Gasteiger partial charge in [0.1, 0.15) is 12.2 Å². The molecule has 2 atom stereocenters. The van der Waals surface area contributed by atoms with E-state index in [0.29, 0.717) is 11.1 Å². The lowest BCUT2D eigenvalue weighted by atomic mass is 10.1. The largest absolute Gasteiger partial charge is 0.481 e. The Labute approximate surface area is 114 Å². The van der Waals surface area contributed by atoms with Crippen LogP contribution in [0.25, 0.3) is 0 Å². The molecule has 1 aromatic rings. The topological polar surface area (TPSA) is 121 Å². The van der Waals surface area contributed by atoms with E-state index in [-0.39, 0.29) is 12.8 Å². The van der Waals surface area contributed by atoms with Crippen LogP contribution < -0.4 is 5.73 Å². The molecule has 1 heterocycles. The van der Waals surface area contributed by atoms with Gasteiger partial charge in [-0.25, -0.2) is 4.79 Å². The van der Waals surface area contributed by atoms with Crippen molar-refractivity contribution < 1.29 is 24.6 Å². The van der Waals surface area contributed by atoms with Crippen LogP contribution >= 0.6 is 0 Å². The standard InChI is InChI=1S/C13H14N2O5/c14-11-7-3-1-2-4-8(7)12(18)15(11)9(13(19)20)5-6-10(16)17/h1-4,9,11H,5-6,14H2,(H,16,17)(H,19,20). The van der Waals surface area contributed by atoms with Crippen molar-refractivity contribution in [3.8, 4) is 0 Å². The number of hydrogen-bond acceptors (Lipinski definition) is 4. The number of benzene rings is 1. The molecule has 1 aliphatic heterocycles. The lowest BCUT2D eigenvalue weighted by molar-refractivity contribution is -0.144. The summed E-state index contributed by atoms with van der Waals surface area (Å²) in [5.41, 5.74) is 6.84. The highest BCUT2D eigenvalue weighted by atomic mass is 16.4. The van der Waals surface area contributed by atoms with Gasteiger partial charge in [-0.15, -0.1) is 0 Å². The van der Waals surface area contributed by atoms with Crippen LogP contribution in [0.3, 0.4) is 0 Å². The van der Waals surface area contributed by atoms with E-state index in [1.54, 1.807) is 24.3 Å². The summed E-state index contributed by atoms with van der Waals surface area (Å²) < 4.78 is 0. The molecule has 4 N–H and O–H groups in total. The number of fused-ring (bicyclic) bond motifs is 1. The minimum absolute atomic E-state index is 0.182. The third kappa shape index (κ3) is 2.35. The molecule has 20 heavy (non-hydrogen) atoms. The molecule has 7 nitrogen and oxygen atoms in total. The fraction of sp³-hybridized carbons (Fsp3) is 0.308. The van der Waals surface area contributed by atoms with Crippen molar-refractivity contribution in [1.29, 1.82) is 0 Å². The van der Waals surface area contributed by atoms with Gasteiger partial charge in [-0.05, 0) is 12.5 Å². The van der Waals surface area contributed by atoms with Crippen LogP contribution in [0.5, 0.6) is 0 Å². The number of nitrogens with zero attached hydrogens (tertiary/aromatic N) is 1. The third-order valence-corrected chi connectivity index (χ3v) is 3.30. The van der Waals surface area contributed by atoms with E-state index in [1.165, 1.54) is 0 Å². The summed E-state index contributed by atoms with van der Waals surface area (Å²) in [4.78, 5) is 35.2. The number of aliphatic carboxylic acids is 2. The van der Waals surface area contributed by atoms with Crippen molar-refractivity contribution in [1.82, 2.24) is 4.90 Å². The molecule has 0 radical (unpaired) electrons. The number of carbonyl (C=O) groups excluding carboxylic acids is 1. The molecule has 0 aliphatic carbocycles. The maximum Gasteiger partial charge on any atom is 0.326 e. The van der Waals surface area contributed by atoms with Gasteiger partial charge in [0, 0.05) is 17.5 Å². The van der Waals surface area contributed by atoms with Crippen LogP contribution in [0, 0.1) is 0 Å². The molecule has 7 heteroatoms. The first kappa shape index (κ1) is 14.0. The van der Waals surface area contributed by atoms with Crippen molar-refractivity contribution in [2.45, 2.75) is 25.0 Å². The Bertz CT molecular complexity index is 572. The highest BCUT2D eigenvalue weighted by Crippen LogP contribution is 2.32. The molecule has 0 bridgehead atoms. The first-order valence-electron chi connectivity index (χ1n) is 6.05. The van der Waals surface area contributed by atoms with Gasteiger partial charge in [-0.1, -0.05) is 18.2 Å². The first-order chi connectivity index (χ1) is 9.43. The molecule has 1 amide bonds.